The summed E-state index contributed by atoms with van der Waals surface area (Å²) in [4.78, 5) is 11.9. The fraction of sp³-hybridized carbons (Fsp3) is 0.571. The van der Waals surface area contributed by atoms with Crippen molar-refractivity contribution in [3.63, 3.8) is 0 Å². The molecule has 1 aromatic rings. The molecule has 1 aromatic carbocycles. The van der Waals surface area contributed by atoms with Gasteiger partial charge in [-0.3, -0.25) is 4.72 Å². The number of aryl methyl sites for hydroxylation is 1. The van der Waals surface area contributed by atoms with Crippen LogP contribution in [0.1, 0.15) is 38.2 Å². The molecule has 1 fully saturated rings. The third-order valence-electron chi connectivity index (χ3n) is 5.69. The number of sulfonamides is 1. The van der Waals surface area contributed by atoms with Crippen molar-refractivity contribution in [3.05, 3.63) is 41.2 Å². The number of benzene rings is 1. The number of rotatable bonds is 9. The van der Waals surface area contributed by atoms with Crippen molar-refractivity contribution in [1.82, 2.24) is 0 Å². The number of carboxylic acid groups (broad SMARTS) is 1. The molecule has 3 atom stereocenters. The number of aliphatic hydroxyl groups is 2. The van der Waals surface area contributed by atoms with Gasteiger partial charge in [-0.25, -0.2) is 17.6 Å². The molecule has 178 valence electrons. The number of carbonyl (C=O) groups is 1. The summed E-state index contributed by atoms with van der Waals surface area (Å²) >= 11 is 0. The zero-order valence-electron chi connectivity index (χ0n) is 17.7. The molecule has 0 radical (unpaired) electrons. The second-order valence-electron chi connectivity index (χ2n) is 7.97. The highest BCUT2D eigenvalue weighted by Crippen LogP contribution is 2.41. The monoisotopic (exact) mass is 473 g/mol. The Kier molecular flexibility index (Phi) is 7.56. The second-order valence-corrected chi connectivity index (χ2v) is 9.84. The standard InChI is InChI=1S/C21H28FNO8S/c1-2-3-4-13-9-14(22)5-6-16(13)23-32(28,29)19-7-8-21(10-15(19)20(26)27)30-17(11-24)18(12-25)31-21/h5-6,9-10,17-19,23-25H,2-4,7-8,11-12H2,1H3,(H,26,27)/t17-,18-,19?/m0/s1. The molecule has 4 N–H and O–H groups in total. The van der Waals surface area contributed by atoms with Gasteiger partial charge in [0.1, 0.15) is 23.3 Å². The number of hydrogen-bond acceptors (Lipinski definition) is 7. The smallest absolute Gasteiger partial charge is 0.332 e. The maximum Gasteiger partial charge on any atom is 0.332 e. The number of halogens is 1. The fourth-order valence-corrected chi connectivity index (χ4v) is 5.64. The lowest BCUT2D eigenvalue weighted by Crippen LogP contribution is -2.42. The maximum absolute atomic E-state index is 13.7. The predicted molar refractivity (Wildman–Crippen MR) is 113 cm³/mol. The normalized spacial score (nSPS) is 25.0. The van der Waals surface area contributed by atoms with Crippen LogP contribution in [-0.4, -0.2) is 66.2 Å². The number of nitrogens with one attached hydrogen (secondary N) is 1. The molecule has 1 aliphatic heterocycles. The Bertz CT molecular complexity index is 968. The van der Waals surface area contributed by atoms with Crippen LogP contribution in [-0.2, 0) is 30.7 Å². The minimum Gasteiger partial charge on any atom is -0.478 e. The zero-order valence-corrected chi connectivity index (χ0v) is 18.5. The number of unbranched alkanes of at least 4 members (excludes halogenated alkanes) is 1. The van der Waals surface area contributed by atoms with Crippen LogP contribution in [0, 0.1) is 5.82 Å². The first-order chi connectivity index (χ1) is 15.1. The summed E-state index contributed by atoms with van der Waals surface area (Å²) in [5.41, 5.74) is 0.262. The minimum absolute atomic E-state index is 0.00840. The number of aliphatic hydroxyl groups excluding tert-OH is 2. The molecule has 0 saturated carbocycles. The van der Waals surface area contributed by atoms with Crippen molar-refractivity contribution in [3.8, 4) is 0 Å². The summed E-state index contributed by atoms with van der Waals surface area (Å²) in [7, 11) is -4.21. The Hall–Kier alpha value is -2.05. The first-order valence-electron chi connectivity index (χ1n) is 10.5. The lowest BCUT2D eigenvalue weighted by atomic mass is 9.94. The van der Waals surface area contributed by atoms with E-state index in [-0.39, 0.29) is 18.5 Å². The summed E-state index contributed by atoms with van der Waals surface area (Å²) in [6, 6.07) is 3.73. The summed E-state index contributed by atoms with van der Waals surface area (Å²) in [5, 5.41) is 27.2. The van der Waals surface area contributed by atoms with Gasteiger partial charge in [-0.2, -0.15) is 0 Å². The van der Waals surface area contributed by atoms with Crippen LogP contribution < -0.4 is 4.72 Å². The van der Waals surface area contributed by atoms with Crippen LogP contribution in [0.25, 0.3) is 0 Å². The molecular formula is C21H28FNO8S. The topological polar surface area (TPSA) is 142 Å². The van der Waals surface area contributed by atoms with Gasteiger partial charge < -0.3 is 24.8 Å². The van der Waals surface area contributed by atoms with Gasteiger partial charge in [0.15, 0.2) is 5.79 Å². The Morgan fingerprint density at radius 3 is 2.47 bits per heavy atom. The van der Waals surface area contributed by atoms with Crippen molar-refractivity contribution in [2.45, 2.75) is 62.3 Å². The highest BCUT2D eigenvalue weighted by molar-refractivity contribution is 7.93. The van der Waals surface area contributed by atoms with E-state index in [1.54, 1.807) is 0 Å². The molecular weight excluding hydrogens is 445 g/mol. The fourth-order valence-electron chi connectivity index (χ4n) is 4.06. The van der Waals surface area contributed by atoms with Crippen molar-refractivity contribution in [2.75, 3.05) is 17.9 Å². The van der Waals surface area contributed by atoms with Gasteiger partial charge in [-0.15, -0.1) is 0 Å². The van der Waals surface area contributed by atoms with Crippen molar-refractivity contribution < 1.29 is 42.4 Å². The van der Waals surface area contributed by atoms with E-state index in [1.807, 2.05) is 6.92 Å². The van der Waals surface area contributed by atoms with Crippen molar-refractivity contribution in [2.24, 2.45) is 0 Å². The molecule has 1 aliphatic carbocycles. The van der Waals surface area contributed by atoms with E-state index < -0.39 is 63.8 Å². The Morgan fingerprint density at radius 2 is 1.91 bits per heavy atom. The molecule has 1 unspecified atom stereocenters. The highest BCUT2D eigenvalue weighted by atomic mass is 32.2. The highest BCUT2D eigenvalue weighted by Gasteiger charge is 2.51. The number of ether oxygens (including phenoxy) is 2. The lowest BCUT2D eigenvalue weighted by molar-refractivity contribution is -0.153. The van der Waals surface area contributed by atoms with E-state index in [1.165, 1.54) is 12.1 Å². The number of anilines is 1. The van der Waals surface area contributed by atoms with Crippen LogP contribution in [0.5, 0.6) is 0 Å². The van der Waals surface area contributed by atoms with Gasteiger partial charge in [-0.1, -0.05) is 13.3 Å². The van der Waals surface area contributed by atoms with Crippen LogP contribution >= 0.6 is 0 Å². The minimum atomic E-state index is -4.21. The third-order valence-corrected chi connectivity index (χ3v) is 7.44. The summed E-state index contributed by atoms with van der Waals surface area (Å²) in [6.07, 6.45) is 1.29. The van der Waals surface area contributed by atoms with Crippen molar-refractivity contribution in [1.29, 1.82) is 0 Å². The predicted octanol–water partition coefficient (Wildman–Crippen LogP) is 1.55. The molecule has 0 bridgehead atoms. The van der Waals surface area contributed by atoms with Crippen LogP contribution in [0.2, 0.25) is 0 Å². The molecule has 11 heteroatoms. The molecule has 0 amide bonds. The molecule has 32 heavy (non-hydrogen) atoms. The van der Waals surface area contributed by atoms with Gasteiger partial charge in [-0.05, 0) is 49.1 Å². The summed E-state index contributed by atoms with van der Waals surface area (Å²) in [6.45, 7) is 1.07. The number of hydrogen-bond donors (Lipinski definition) is 4. The first-order valence-corrected chi connectivity index (χ1v) is 12.0. The van der Waals surface area contributed by atoms with E-state index >= 15 is 0 Å². The molecule has 3 rings (SSSR count). The van der Waals surface area contributed by atoms with Gasteiger partial charge in [0, 0.05) is 6.42 Å². The number of carboxylic acids is 1. The average Bonchev–Trinajstić information content (AvgIpc) is 3.10. The van der Waals surface area contributed by atoms with Gasteiger partial charge in [0.2, 0.25) is 10.0 Å². The van der Waals surface area contributed by atoms with Gasteiger partial charge in [0.25, 0.3) is 0 Å². The molecule has 1 spiro atoms. The summed E-state index contributed by atoms with van der Waals surface area (Å²) < 4.78 is 53.7. The van der Waals surface area contributed by atoms with E-state index in [4.69, 9.17) is 9.47 Å². The Morgan fingerprint density at radius 1 is 1.25 bits per heavy atom. The molecule has 1 saturated heterocycles. The SMILES string of the molecule is CCCCc1cc(F)ccc1NS(=O)(=O)C1CCC2(C=C1C(=O)O)O[C@@H](CO)[C@H](CO)O2. The van der Waals surface area contributed by atoms with E-state index in [0.717, 1.165) is 25.0 Å². The lowest BCUT2D eigenvalue weighted by Gasteiger charge is -2.33. The van der Waals surface area contributed by atoms with Crippen LogP contribution in [0.15, 0.2) is 29.8 Å². The maximum atomic E-state index is 13.7. The zero-order chi connectivity index (χ0) is 23.5. The largest absolute Gasteiger partial charge is 0.478 e. The quantitative estimate of drug-likeness (QED) is 0.423. The van der Waals surface area contributed by atoms with E-state index in [2.05, 4.69) is 4.72 Å². The molecule has 9 nitrogen and oxygen atoms in total. The van der Waals surface area contributed by atoms with E-state index in [9.17, 15) is 32.9 Å². The van der Waals surface area contributed by atoms with Crippen LogP contribution in [0.3, 0.4) is 0 Å². The molecule has 2 aliphatic rings. The second kappa shape index (κ2) is 9.84. The summed E-state index contributed by atoms with van der Waals surface area (Å²) in [5.74, 6) is -3.48. The third kappa shape index (κ3) is 5.12. The first kappa shape index (κ1) is 24.6. The number of aliphatic carboxylic acids is 1. The van der Waals surface area contributed by atoms with Crippen LogP contribution in [0.4, 0.5) is 10.1 Å². The van der Waals surface area contributed by atoms with E-state index in [0.29, 0.717) is 12.0 Å². The Balaban J connectivity index is 1.90. The van der Waals surface area contributed by atoms with Crippen molar-refractivity contribution >= 4 is 21.7 Å². The van der Waals surface area contributed by atoms with Gasteiger partial charge >= 0.3 is 5.97 Å². The molecule has 0 aromatic heterocycles. The molecule has 1 heterocycles. The Labute approximate surface area is 185 Å². The average molecular weight is 474 g/mol. The van der Waals surface area contributed by atoms with Gasteiger partial charge in [0.05, 0.1) is 24.5 Å².